The van der Waals surface area contributed by atoms with Crippen LogP contribution in [0, 0.1) is 0 Å². The van der Waals surface area contributed by atoms with Crippen molar-refractivity contribution in [1.29, 1.82) is 0 Å². The second-order valence-electron chi connectivity index (χ2n) is 2.24. The third kappa shape index (κ3) is 1.63. The Morgan fingerprint density at radius 1 is 1.83 bits per heavy atom. The molecule has 0 spiro atoms. The third-order valence-corrected chi connectivity index (χ3v) is 2.41. The molecule has 1 N–H and O–H groups in total. The minimum absolute atomic E-state index is 0.381. The highest BCUT2D eigenvalue weighted by molar-refractivity contribution is 8.03. The third-order valence-electron chi connectivity index (χ3n) is 1.50. The number of hydrogen-bond donors (Lipinski definition) is 1. The lowest BCUT2D eigenvalue weighted by Crippen LogP contribution is -2.31. The van der Waals surface area contributed by atoms with Gasteiger partial charge in [-0.1, -0.05) is 6.92 Å². The van der Waals surface area contributed by atoms with Crippen molar-refractivity contribution in [1.82, 2.24) is 5.06 Å². The van der Waals surface area contributed by atoms with Gasteiger partial charge in [0.25, 0.3) is 5.91 Å². The number of amides is 1. The molecule has 1 rings (SSSR count). The van der Waals surface area contributed by atoms with Crippen molar-refractivity contribution in [2.45, 2.75) is 13.2 Å². The van der Waals surface area contributed by atoms with Gasteiger partial charge in [0.1, 0.15) is 0 Å². The standard InChI is InChI=1S/C7H11NO3S/c1-3-12-5-4-6(11-2)8(10)7(5)9/h4,6,10H,3H2,1-2H3. The number of carbonyl (C=O) groups is 1. The van der Waals surface area contributed by atoms with E-state index >= 15 is 0 Å². The highest BCUT2D eigenvalue weighted by Gasteiger charge is 2.31. The van der Waals surface area contributed by atoms with Crippen LogP contribution in [0.25, 0.3) is 0 Å². The summed E-state index contributed by atoms with van der Waals surface area (Å²) in [4.78, 5) is 11.7. The Kier molecular flexibility index (Phi) is 3.13. The van der Waals surface area contributed by atoms with Gasteiger partial charge in [-0.25, -0.2) is 0 Å². The molecule has 1 aliphatic heterocycles. The van der Waals surface area contributed by atoms with Crippen LogP contribution in [-0.4, -0.2) is 35.3 Å². The van der Waals surface area contributed by atoms with E-state index in [1.165, 1.54) is 18.9 Å². The molecule has 0 aromatic rings. The number of hydroxylamine groups is 2. The van der Waals surface area contributed by atoms with Crippen LogP contribution in [0.15, 0.2) is 11.0 Å². The van der Waals surface area contributed by atoms with Gasteiger partial charge >= 0.3 is 0 Å². The van der Waals surface area contributed by atoms with Crippen LogP contribution >= 0.6 is 11.8 Å². The van der Waals surface area contributed by atoms with Crippen molar-refractivity contribution in [3.05, 3.63) is 11.0 Å². The first-order valence-electron chi connectivity index (χ1n) is 3.60. The molecule has 5 heteroatoms. The van der Waals surface area contributed by atoms with Gasteiger partial charge in [-0.15, -0.1) is 11.8 Å². The Bertz CT molecular complexity index is 217. The van der Waals surface area contributed by atoms with Crippen LogP contribution in [0.1, 0.15) is 6.92 Å². The van der Waals surface area contributed by atoms with Crippen molar-refractivity contribution < 1.29 is 14.7 Å². The summed E-state index contributed by atoms with van der Waals surface area (Å²) in [6.45, 7) is 1.95. The fraction of sp³-hybridized carbons (Fsp3) is 0.571. The molecule has 0 aromatic carbocycles. The first-order chi connectivity index (χ1) is 5.70. The Labute approximate surface area is 75.1 Å². The van der Waals surface area contributed by atoms with E-state index in [1.807, 2.05) is 6.92 Å². The molecule has 0 aromatic heterocycles. The van der Waals surface area contributed by atoms with Crippen molar-refractivity contribution in [2.75, 3.05) is 12.9 Å². The van der Waals surface area contributed by atoms with Crippen molar-refractivity contribution in [2.24, 2.45) is 0 Å². The Morgan fingerprint density at radius 2 is 2.50 bits per heavy atom. The smallest absolute Gasteiger partial charge is 0.286 e. The van der Waals surface area contributed by atoms with Crippen LogP contribution in [0.2, 0.25) is 0 Å². The van der Waals surface area contributed by atoms with Gasteiger partial charge in [-0.3, -0.25) is 10.0 Å². The molecular weight excluding hydrogens is 178 g/mol. The summed E-state index contributed by atoms with van der Waals surface area (Å²) in [7, 11) is 1.44. The maximum Gasteiger partial charge on any atom is 0.286 e. The van der Waals surface area contributed by atoms with Gasteiger partial charge < -0.3 is 4.74 Å². The second-order valence-corrected chi connectivity index (χ2v) is 3.55. The van der Waals surface area contributed by atoms with Gasteiger partial charge in [0.05, 0.1) is 4.91 Å². The fourth-order valence-electron chi connectivity index (χ4n) is 0.933. The number of carbonyl (C=O) groups excluding carboxylic acids is 1. The van der Waals surface area contributed by atoms with Gasteiger partial charge in [0.2, 0.25) is 0 Å². The maximum absolute atomic E-state index is 11.2. The van der Waals surface area contributed by atoms with E-state index in [2.05, 4.69) is 0 Å². The summed E-state index contributed by atoms with van der Waals surface area (Å²) in [5.41, 5.74) is 0. The minimum atomic E-state index is -0.619. The quantitative estimate of drug-likeness (QED) is 0.668. The van der Waals surface area contributed by atoms with Crippen molar-refractivity contribution >= 4 is 17.7 Å². The van der Waals surface area contributed by atoms with Crippen LogP contribution in [0.3, 0.4) is 0 Å². The molecule has 12 heavy (non-hydrogen) atoms. The molecule has 0 saturated carbocycles. The van der Waals surface area contributed by atoms with E-state index in [4.69, 9.17) is 9.94 Å². The molecule has 0 fully saturated rings. The normalized spacial score (nSPS) is 23.2. The molecule has 1 atom stereocenters. The van der Waals surface area contributed by atoms with E-state index in [1.54, 1.807) is 6.08 Å². The topological polar surface area (TPSA) is 49.8 Å². The molecule has 4 nitrogen and oxygen atoms in total. The SMILES string of the molecule is CCSC1=CC(OC)N(O)C1=O. The molecule has 0 radical (unpaired) electrons. The number of rotatable bonds is 3. The molecule has 1 aliphatic rings. The molecule has 0 saturated heterocycles. The summed E-state index contributed by atoms with van der Waals surface area (Å²) < 4.78 is 4.84. The summed E-state index contributed by atoms with van der Waals surface area (Å²) >= 11 is 1.40. The fourth-order valence-corrected chi connectivity index (χ4v) is 1.67. The average Bonchev–Trinajstić information content (AvgIpc) is 2.33. The number of hydrogen-bond acceptors (Lipinski definition) is 4. The second kappa shape index (κ2) is 3.93. The first-order valence-corrected chi connectivity index (χ1v) is 4.59. The Hall–Kier alpha value is -0.520. The minimum Gasteiger partial charge on any atom is -0.355 e. The van der Waals surface area contributed by atoms with E-state index in [0.29, 0.717) is 9.97 Å². The van der Waals surface area contributed by atoms with Crippen LogP contribution in [0.4, 0.5) is 0 Å². The predicted octanol–water partition coefficient (Wildman–Crippen LogP) is 0.827. The predicted molar refractivity (Wildman–Crippen MR) is 45.6 cm³/mol. The van der Waals surface area contributed by atoms with Gasteiger partial charge in [-0.2, -0.15) is 5.06 Å². The number of ether oxygens (including phenoxy) is 1. The van der Waals surface area contributed by atoms with Crippen molar-refractivity contribution in [3.8, 4) is 0 Å². The van der Waals surface area contributed by atoms with E-state index in [0.717, 1.165) is 5.75 Å². The maximum atomic E-state index is 11.2. The first kappa shape index (κ1) is 9.57. The van der Waals surface area contributed by atoms with Gasteiger partial charge in [-0.05, 0) is 11.8 Å². The molecular formula is C7H11NO3S. The zero-order valence-electron chi connectivity index (χ0n) is 6.98. The number of nitrogens with zero attached hydrogens (tertiary/aromatic N) is 1. The highest BCUT2D eigenvalue weighted by atomic mass is 32.2. The van der Waals surface area contributed by atoms with E-state index in [-0.39, 0.29) is 5.91 Å². The van der Waals surface area contributed by atoms with Crippen LogP contribution in [0.5, 0.6) is 0 Å². The van der Waals surface area contributed by atoms with Crippen LogP contribution in [-0.2, 0) is 9.53 Å². The summed E-state index contributed by atoms with van der Waals surface area (Å²) in [5, 5.41) is 9.74. The van der Waals surface area contributed by atoms with Crippen LogP contribution < -0.4 is 0 Å². The molecule has 1 amide bonds. The summed E-state index contributed by atoms with van der Waals surface area (Å²) in [6.07, 6.45) is 0.989. The van der Waals surface area contributed by atoms with E-state index < -0.39 is 6.23 Å². The highest BCUT2D eigenvalue weighted by Crippen LogP contribution is 2.25. The Balaban J connectivity index is 2.69. The molecule has 0 bridgehead atoms. The molecule has 0 aliphatic carbocycles. The van der Waals surface area contributed by atoms with Gasteiger partial charge in [0, 0.05) is 7.11 Å². The molecule has 1 heterocycles. The lowest BCUT2D eigenvalue weighted by atomic mass is 10.5. The zero-order chi connectivity index (χ0) is 9.14. The summed E-state index contributed by atoms with van der Waals surface area (Å²) in [5.74, 6) is 0.427. The molecule has 68 valence electrons. The van der Waals surface area contributed by atoms with Gasteiger partial charge in [0.15, 0.2) is 6.23 Å². The lowest BCUT2D eigenvalue weighted by molar-refractivity contribution is -0.190. The number of thioether (sulfide) groups is 1. The van der Waals surface area contributed by atoms with Crippen molar-refractivity contribution in [3.63, 3.8) is 0 Å². The summed E-state index contributed by atoms with van der Waals surface area (Å²) in [6, 6.07) is 0. The monoisotopic (exact) mass is 189 g/mol. The average molecular weight is 189 g/mol. The van der Waals surface area contributed by atoms with E-state index in [9.17, 15) is 4.79 Å². The largest absolute Gasteiger partial charge is 0.355 e. The number of methoxy groups -OCH3 is 1. The Morgan fingerprint density at radius 3 is 2.92 bits per heavy atom. The lowest BCUT2D eigenvalue weighted by Gasteiger charge is -2.14. The zero-order valence-corrected chi connectivity index (χ0v) is 7.80. The molecule has 1 unspecified atom stereocenters.